The van der Waals surface area contributed by atoms with Crippen LogP contribution >= 0.6 is 0 Å². The highest BCUT2D eigenvalue weighted by Gasteiger charge is 2.40. The number of carbonyl (C=O) groups excluding carboxylic acids is 2. The smallest absolute Gasteiger partial charge is 0.239 e. The molecule has 0 saturated carbocycles. The van der Waals surface area contributed by atoms with Crippen molar-refractivity contribution in [3.8, 4) is 11.5 Å². The van der Waals surface area contributed by atoms with Gasteiger partial charge >= 0.3 is 0 Å². The van der Waals surface area contributed by atoms with Crippen molar-refractivity contribution >= 4 is 17.5 Å². The Bertz CT molecular complexity index is 847. The van der Waals surface area contributed by atoms with E-state index in [-0.39, 0.29) is 17.9 Å². The van der Waals surface area contributed by atoms with Crippen molar-refractivity contribution in [2.45, 2.75) is 40.3 Å². The minimum absolute atomic E-state index is 0.0455. The van der Waals surface area contributed by atoms with Gasteiger partial charge in [-0.1, -0.05) is 30.3 Å². The third kappa shape index (κ3) is 5.28. The van der Waals surface area contributed by atoms with E-state index in [0.717, 1.165) is 5.56 Å². The van der Waals surface area contributed by atoms with Crippen LogP contribution in [-0.2, 0) is 16.1 Å². The lowest BCUT2D eigenvalue weighted by Crippen LogP contribution is -2.49. The van der Waals surface area contributed by atoms with Crippen molar-refractivity contribution in [3.63, 3.8) is 0 Å². The first-order valence-electron chi connectivity index (χ1n) is 9.59. The summed E-state index contributed by atoms with van der Waals surface area (Å²) in [6.45, 7) is 7.63. The molecular formula is C23H30N2O4. The summed E-state index contributed by atoms with van der Waals surface area (Å²) in [5.41, 5.74) is 0.310. The molecule has 0 heterocycles. The summed E-state index contributed by atoms with van der Waals surface area (Å²) in [5, 5.41) is 2.82. The topological polar surface area (TPSA) is 67.9 Å². The Balaban J connectivity index is 2.20. The fraction of sp³-hybridized carbons (Fsp3) is 0.391. The molecule has 0 unspecified atom stereocenters. The van der Waals surface area contributed by atoms with E-state index in [1.165, 1.54) is 7.11 Å². The second kappa shape index (κ2) is 9.45. The van der Waals surface area contributed by atoms with Gasteiger partial charge in [0, 0.05) is 24.3 Å². The predicted octanol–water partition coefficient (Wildman–Crippen LogP) is 4.11. The summed E-state index contributed by atoms with van der Waals surface area (Å²) in [6.07, 6.45) is 0. The average Bonchev–Trinajstić information content (AvgIpc) is 2.71. The molecule has 0 saturated heterocycles. The Morgan fingerprint density at radius 3 is 2.17 bits per heavy atom. The lowest BCUT2D eigenvalue weighted by atomic mass is 9.89. The summed E-state index contributed by atoms with van der Waals surface area (Å²) in [5.74, 6) is 0.458. The number of rotatable bonds is 8. The molecule has 0 spiro atoms. The molecule has 0 atom stereocenters. The quantitative estimate of drug-likeness (QED) is 0.680. The minimum Gasteiger partial charge on any atom is -0.493 e. The van der Waals surface area contributed by atoms with Crippen molar-refractivity contribution in [2.24, 2.45) is 5.41 Å². The third-order valence-electron chi connectivity index (χ3n) is 4.82. The molecule has 1 N–H and O–H groups in total. The minimum atomic E-state index is -1.24. The van der Waals surface area contributed by atoms with Gasteiger partial charge in [0.25, 0.3) is 0 Å². The van der Waals surface area contributed by atoms with Crippen LogP contribution in [0.15, 0.2) is 48.5 Å². The Morgan fingerprint density at radius 2 is 1.62 bits per heavy atom. The van der Waals surface area contributed by atoms with E-state index in [4.69, 9.17) is 9.47 Å². The Kier molecular flexibility index (Phi) is 7.26. The summed E-state index contributed by atoms with van der Waals surface area (Å²) in [4.78, 5) is 28.0. The molecule has 0 aliphatic heterocycles. The van der Waals surface area contributed by atoms with Crippen molar-refractivity contribution in [1.29, 1.82) is 0 Å². The number of ether oxygens (including phenoxy) is 2. The number of methoxy groups -OCH3 is 2. The molecular weight excluding hydrogens is 368 g/mol. The molecule has 0 radical (unpaired) electrons. The highest BCUT2D eigenvalue weighted by molar-refractivity contribution is 6.10. The number of nitrogens with one attached hydrogen (secondary N) is 1. The number of nitrogens with zero attached hydrogens (tertiary/aromatic N) is 1. The number of hydrogen-bond donors (Lipinski definition) is 1. The highest BCUT2D eigenvalue weighted by atomic mass is 16.5. The molecule has 6 heteroatoms. The zero-order valence-electron chi connectivity index (χ0n) is 18.0. The van der Waals surface area contributed by atoms with Gasteiger partial charge in [0.2, 0.25) is 11.8 Å². The first-order chi connectivity index (χ1) is 13.7. The lowest BCUT2D eigenvalue weighted by Gasteiger charge is -2.34. The van der Waals surface area contributed by atoms with Crippen LogP contribution in [0.25, 0.3) is 0 Å². The summed E-state index contributed by atoms with van der Waals surface area (Å²) >= 11 is 0. The third-order valence-corrected chi connectivity index (χ3v) is 4.82. The van der Waals surface area contributed by atoms with Gasteiger partial charge in [-0.2, -0.15) is 0 Å². The number of benzene rings is 2. The number of amides is 2. The van der Waals surface area contributed by atoms with E-state index in [2.05, 4.69) is 5.32 Å². The Morgan fingerprint density at radius 1 is 1.00 bits per heavy atom. The van der Waals surface area contributed by atoms with Crippen molar-refractivity contribution in [2.75, 3.05) is 19.5 Å². The summed E-state index contributed by atoms with van der Waals surface area (Å²) in [7, 11) is 3.08. The van der Waals surface area contributed by atoms with Crippen LogP contribution in [0.2, 0.25) is 0 Å². The largest absolute Gasteiger partial charge is 0.493 e. The van der Waals surface area contributed by atoms with Crippen molar-refractivity contribution in [3.05, 3.63) is 54.1 Å². The monoisotopic (exact) mass is 398 g/mol. The fourth-order valence-corrected chi connectivity index (χ4v) is 2.93. The molecule has 2 aromatic rings. The van der Waals surface area contributed by atoms with E-state index < -0.39 is 5.41 Å². The molecule has 0 fully saturated rings. The van der Waals surface area contributed by atoms with Crippen LogP contribution < -0.4 is 14.8 Å². The normalized spacial score (nSPS) is 11.1. The van der Waals surface area contributed by atoms with Crippen LogP contribution in [0.5, 0.6) is 11.5 Å². The maximum Gasteiger partial charge on any atom is 0.239 e. The number of hydrogen-bond acceptors (Lipinski definition) is 4. The fourth-order valence-electron chi connectivity index (χ4n) is 2.93. The average molecular weight is 399 g/mol. The molecule has 29 heavy (non-hydrogen) atoms. The second-order valence-electron chi connectivity index (χ2n) is 7.66. The summed E-state index contributed by atoms with van der Waals surface area (Å²) in [6, 6.07) is 14.8. The maximum atomic E-state index is 13.3. The second-order valence-corrected chi connectivity index (χ2v) is 7.66. The van der Waals surface area contributed by atoms with Crippen LogP contribution in [0.3, 0.4) is 0 Å². The van der Waals surface area contributed by atoms with Crippen molar-refractivity contribution in [1.82, 2.24) is 4.90 Å². The molecule has 2 aromatic carbocycles. The predicted molar refractivity (Wildman–Crippen MR) is 114 cm³/mol. The van der Waals surface area contributed by atoms with Gasteiger partial charge in [-0.25, -0.2) is 0 Å². The number of anilines is 1. The van der Waals surface area contributed by atoms with E-state index in [1.807, 2.05) is 44.2 Å². The first kappa shape index (κ1) is 22.3. The van der Waals surface area contributed by atoms with E-state index in [0.29, 0.717) is 23.7 Å². The molecule has 2 rings (SSSR count). The molecule has 2 amide bonds. The highest BCUT2D eigenvalue weighted by Crippen LogP contribution is 2.31. The van der Waals surface area contributed by atoms with Crippen LogP contribution in [0, 0.1) is 5.41 Å². The van der Waals surface area contributed by atoms with Gasteiger partial charge < -0.3 is 19.7 Å². The molecule has 6 nitrogen and oxygen atoms in total. The van der Waals surface area contributed by atoms with Crippen LogP contribution in [-0.4, -0.2) is 37.0 Å². The zero-order valence-corrected chi connectivity index (χ0v) is 18.0. The van der Waals surface area contributed by atoms with Gasteiger partial charge in [-0.15, -0.1) is 0 Å². The van der Waals surface area contributed by atoms with Gasteiger partial charge in [-0.3, -0.25) is 9.59 Å². The van der Waals surface area contributed by atoms with Crippen LogP contribution in [0.4, 0.5) is 5.69 Å². The van der Waals surface area contributed by atoms with Gasteiger partial charge in [-0.05, 0) is 45.4 Å². The lowest BCUT2D eigenvalue weighted by molar-refractivity contribution is -0.148. The van der Waals surface area contributed by atoms with Crippen LogP contribution in [0.1, 0.15) is 33.3 Å². The SMILES string of the molecule is COc1ccc(NC(=O)C(C)(C)C(=O)N(Cc2ccccc2)C(C)C)cc1OC. The standard InChI is InChI=1S/C23H30N2O4/c1-16(2)25(15-17-10-8-7-9-11-17)22(27)23(3,4)21(26)24-18-12-13-19(28-5)20(14-18)29-6/h7-14,16H,15H2,1-6H3,(H,24,26). The Labute approximate surface area is 172 Å². The first-order valence-corrected chi connectivity index (χ1v) is 9.59. The van der Waals surface area contributed by atoms with E-state index >= 15 is 0 Å². The zero-order chi connectivity index (χ0) is 21.6. The summed E-state index contributed by atoms with van der Waals surface area (Å²) < 4.78 is 10.5. The maximum absolute atomic E-state index is 13.3. The molecule has 156 valence electrons. The van der Waals surface area contributed by atoms with Gasteiger partial charge in [0.1, 0.15) is 5.41 Å². The van der Waals surface area contributed by atoms with Gasteiger partial charge in [0.15, 0.2) is 11.5 Å². The number of carbonyl (C=O) groups is 2. The van der Waals surface area contributed by atoms with E-state index in [9.17, 15) is 9.59 Å². The molecule has 0 aromatic heterocycles. The molecule has 0 aliphatic rings. The Hall–Kier alpha value is -3.02. The van der Waals surface area contributed by atoms with Gasteiger partial charge in [0.05, 0.1) is 14.2 Å². The molecule has 0 aliphatic carbocycles. The molecule has 0 bridgehead atoms. The van der Waals surface area contributed by atoms with E-state index in [1.54, 1.807) is 44.1 Å². The van der Waals surface area contributed by atoms with Crippen molar-refractivity contribution < 1.29 is 19.1 Å².